The van der Waals surface area contributed by atoms with Gasteiger partial charge in [0.2, 0.25) is 15.9 Å². The van der Waals surface area contributed by atoms with Crippen molar-refractivity contribution >= 4 is 71.2 Å². The summed E-state index contributed by atoms with van der Waals surface area (Å²) in [6, 6.07) is 7.20. The Kier molecular flexibility index (Phi) is 7.08. The summed E-state index contributed by atoms with van der Waals surface area (Å²) in [5.74, 6) is -0.906. The highest BCUT2D eigenvalue weighted by molar-refractivity contribution is 7.89. The molecular weight excluding hydrogens is 597 g/mol. The Balaban J connectivity index is 1.21. The maximum atomic E-state index is 13.8. The number of pyridine rings is 1. The van der Waals surface area contributed by atoms with Crippen molar-refractivity contribution in [2.45, 2.75) is 35.9 Å². The summed E-state index contributed by atoms with van der Waals surface area (Å²) in [5, 5.41) is 18.6. The number of Topliss-reactive ketones (excluding diaryl/α,β-unsaturated/α-hetero) is 1. The highest BCUT2D eigenvalue weighted by Crippen LogP contribution is 2.36. The summed E-state index contributed by atoms with van der Waals surface area (Å²) in [6.45, 7) is -0.267. The van der Waals surface area contributed by atoms with Crippen LogP contribution >= 0.6 is 34.0 Å². The van der Waals surface area contributed by atoms with Crippen molar-refractivity contribution in [2.75, 3.05) is 13.1 Å². The highest BCUT2D eigenvalue weighted by Gasteiger charge is 2.54. The standard InChI is InChI=1S/C25H22N4O7S4/c30-19-14-29(40(34,35)16-4-1-7-27(33)13-16)18-5-8-28(23(18)19)24(31)17(11-15-3-2-9-37-15)26-25(32)36-22-12-21-20(39-22)6-10-38-21/h1-4,6-7,9-10,12-13,17-18,23H,5,8,11,14H2,(H,26,32). The molecule has 0 radical (unpaired) electrons. The number of rotatable bonds is 7. The van der Waals surface area contributed by atoms with E-state index in [1.807, 2.05) is 29.0 Å². The van der Waals surface area contributed by atoms with Gasteiger partial charge in [-0.2, -0.15) is 9.04 Å². The van der Waals surface area contributed by atoms with Gasteiger partial charge in [0.25, 0.3) is 0 Å². The molecule has 3 unspecified atom stereocenters. The van der Waals surface area contributed by atoms with Crippen LogP contribution in [0.25, 0.3) is 9.40 Å². The second kappa shape index (κ2) is 10.6. The Hall–Kier alpha value is -3.37. The van der Waals surface area contributed by atoms with Gasteiger partial charge < -0.3 is 20.2 Å². The molecule has 40 heavy (non-hydrogen) atoms. The topological polar surface area (TPSA) is 140 Å². The molecule has 2 aliphatic rings. The third-order valence-corrected chi connectivity index (χ3v) is 11.6. The minimum atomic E-state index is -4.15. The highest BCUT2D eigenvalue weighted by atomic mass is 32.2. The average molecular weight is 619 g/mol. The predicted octanol–water partition coefficient (Wildman–Crippen LogP) is 2.60. The van der Waals surface area contributed by atoms with Crippen molar-refractivity contribution < 1.29 is 32.3 Å². The molecular formula is C25H22N4O7S4. The molecule has 2 saturated heterocycles. The van der Waals surface area contributed by atoms with Crippen LogP contribution in [0.15, 0.2) is 64.4 Å². The zero-order valence-electron chi connectivity index (χ0n) is 20.7. The Morgan fingerprint density at radius 2 is 2.02 bits per heavy atom. The lowest BCUT2D eigenvalue weighted by Gasteiger charge is -2.28. The van der Waals surface area contributed by atoms with Crippen LogP contribution in [0.2, 0.25) is 0 Å². The Bertz CT molecular complexity index is 1670. The lowest BCUT2D eigenvalue weighted by atomic mass is 10.1. The van der Waals surface area contributed by atoms with E-state index in [9.17, 15) is 28.0 Å². The molecule has 0 saturated carbocycles. The van der Waals surface area contributed by atoms with Crippen molar-refractivity contribution in [3.63, 3.8) is 0 Å². The average Bonchev–Trinajstić information content (AvgIpc) is 3.72. The molecule has 1 N–H and O–H groups in total. The number of aromatic nitrogens is 1. The zero-order chi connectivity index (χ0) is 28.0. The van der Waals surface area contributed by atoms with Crippen molar-refractivity contribution in [3.05, 3.63) is 69.6 Å². The van der Waals surface area contributed by atoms with E-state index >= 15 is 0 Å². The number of sulfonamides is 1. The number of likely N-dealkylation sites (tertiary alicyclic amines) is 1. The fraction of sp³-hybridized carbons (Fsp3) is 0.280. The van der Waals surface area contributed by atoms with E-state index in [0.29, 0.717) is 9.79 Å². The quantitative estimate of drug-likeness (QED) is 0.248. The van der Waals surface area contributed by atoms with E-state index in [4.69, 9.17) is 4.74 Å². The van der Waals surface area contributed by atoms with Gasteiger partial charge in [-0.25, -0.2) is 13.2 Å². The van der Waals surface area contributed by atoms with Gasteiger partial charge in [0.15, 0.2) is 23.2 Å². The van der Waals surface area contributed by atoms with Gasteiger partial charge in [0, 0.05) is 39.4 Å². The molecule has 6 heterocycles. The van der Waals surface area contributed by atoms with Crippen LogP contribution in [-0.4, -0.2) is 66.6 Å². The third-order valence-electron chi connectivity index (χ3n) is 6.90. The van der Waals surface area contributed by atoms with E-state index in [0.717, 1.165) is 24.8 Å². The number of amides is 2. The summed E-state index contributed by atoms with van der Waals surface area (Å²) in [5.41, 5.74) is 0. The van der Waals surface area contributed by atoms with Crippen molar-refractivity contribution in [1.29, 1.82) is 0 Å². The molecule has 15 heteroatoms. The van der Waals surface area contributed by atoms with Gasteiger partial charge in [-0.3, -0.25) is 9.59 Å². The first-order valence-corrected chi connectivity index (χ1v) is 16.2. The van der Waals surface area contributed by atoms with Gasteiger partial charge >= 0.3 is 6.09 Å². The van der Waals surface area contributed by atoms with Gasteiger partial charge in [0.1, 0.15) is 17.0 Å². The van der Waals surface area contributed by atoms with Gasteiger partial charge in [-0.15, -0.1) is 22.7 Å². The van der Waals surface area contributed by atoms with Crippen molar-refractivity contribution in [1.82, 2.24) is 14.5 Å². The number of nitrogens with zero attached hydrogens (tertiary/aromatic N) is 3. The molecule has 3 atom stereocenters. The first-order valence-electron chi connectivity index (χ1n) is 12.2. The monoisotopic (exact) mass is 618 g/mol. The lowest BCUT2D eigenvalue weighted by molar-refractivity contribution is -0.607. The van der Waals surface area contributed by atoms with Crippen LogP contribution in [0.4, 0.5) is 4.79 Å². The second-order valence-electron chi connectivity index (χ2n) is 9.33. The second-order valence-corrected chi connectivity index (χ2v) is 14.2. The van der Waals surface area contributed by atoms with Gasteiger partial charge in [-0.05, 0) is 35.4 Å². The zero-order valence-corrected chi connectivity index (χ0v) is 23.9. The van der Waals surface area contributed by atoms with E-state index in [1.54, 1.807) is 6.07 Å². The smallest absolute Gasteiger partial charge is 0.414 e. The Morgan fingerprint density at radius 3 is 2.77 bits per heavy atom. The van der Waals surface area contributed by atoms with E-state index < -0.39 is 52.5 Å². The molecule has 0 spiro atoms. The number of carbonyl (C=O) groups excluding carboxylic acids is 3. The van der Waals surface area contributed by atoms with Crippen molar-refractivity contribution in [3.8, 4) is 5.06 Å². The van der Waals surface area contributed by atoms with Crippen LogP contribution in [0, 0.1) is 5.21 Å². The number of ketones is 1. The number of nitrogens with one attached hydrogen (secondary N) is 1. The Labute approximate surface area is 240 Å². The minimum Gasteiger partial charge on any atom is -0.619 e. The summed E-state index contributed by atoms with van der Waals surface area (Å²) < 4.78 is 35.5. The normalized spacial score (nSPS) is 20.1. The van der Waals surface area contributed by atoms with Crippen LogP contribution in [-0.2, 0) is 26.0 Å². The van der Waals surface area contributed by atoms with E-state index in [2.05, 4.69) is 5.32 Å². The molecule has 2 amide bonds. The number of fused-ring (bicyclic) bond motifs is 2. The molecule has 0 bridgehead atoms. The molecule has 208 valence electrons. The molecule has 4 aromatic rings. The summed E-state index contributed by atoms with van der Waals surface area (Å²) >= 11 is 4.27. The molecule has 6 rings (SSSR count). The summed E-state index contributed by atoms with van der Waals surface area (Å²) in [4.78, 5) is 41.8. The number of thiophene rings is 3. The first-order chi connectivity index (χ1) is 19.2. The van der Waals surface area contributed by atoms with Crippen LogP contribution in [0.1, 0.15) is 11.3 Å². The predicted molar refractivity (Wildman–Crippen MR) is 149 cm³/mol. The minimum absolute atomic E-state index is 0.140. The van der Waals surface area contributed by atoms with E-state index in [-0.39, 0.29) is 24.3 Å². The molecule has 0 aromatic carbocycles. The molecule has 11 nitrogen and oxygen atoms in total. The summed E-state index contributed by atoms with van der Waals surface area (Å²) in [7, 11) is -4.15. The van der Waals surface area contributed by atoms with Crippen molar-refractivity contribution in [2.24, 2.45) is 0 Å². The first kappa shape index (κ1) is 26.8. The van der Waals surface area contributed by atoms with Crippen LogP contribution in [0.3, 0.4) is 0 Å². The number of hydrogen-bond donors (Lipinski definition) is 1. The number of ether oxygens (including phenoxy) is 1. The molecule has 2 aliphatic heterocycles. The maximum Gasteiger partial charge on any atom is 0.414 e. The lowest BCUT2D eigenvalue weighted by Crippen LogP contribution is -2.53. The molecule has 0 aliphatic carbocycles. The van der Waals surface area contributed by atoms with Gasteiger partial charge in [-0.1, -0.05) is 17.4 Å². The summed E-state index contributed by atoms with van der Waals surface area (Å²) in [6.07, 6.45) is 1.74. The largest absolute Gasteiger partial charge is 0.619 e. The van der Waals surface area contributed by atoms with Crippen LogP contribution in [0.5, 0.6) is 5.06 Å². The van der Waals surface area contributed by atoms with Crippen LogP contribution < -0.4 is 14.8 Å². The maximum absolute atomic E-state index is 13.8. The SMILES string of the molecule is O=C(NC(Cc1cccs1)C(=O)N1CCC2C1C(=O)CN2S(=O)(=O)c1ccc[n+]([O-])c1)Oc1cc2sccc2s1. The number of hydrogen-bond acceptors (Lipinski definition) is 10. The fourth-order valence-electron chi connectivity index (χ4n) is 5.15. The Morgan fingerprint density at radius 1 is 1.18 bits per heavy atom. The van der Waals surface area contributed by atoms with E-state index in [1.165, 1.54) is 57.2 Å². The fourth-order valence-corrected chi connectivity index (χ4v) is 9.48. The van der Waals surface area contributed by atoms with Gasteiger partial charge in [0.05, 0.1) is 12.6 Å². The molecule has 4 aromatic heterocycles. The third kappa shape index (κ3) is 4.99. The molecule has 2 fully saturated rings. The number of carbonyl (C=O) groups is 3.